The van der Waals surface area contributed by atoms with Crippen LogP contribution in [0.25, 0.3) is 21.5 Å². The third-order valence-electron chi connectivity index (χ3n) is 4.48. The van der Waals surface area contributed by atoms with E-state index in [9.17, 15) is 9.59 Å². The molecule has 0 radical (unpaired) electrons. The first-order valence-electron chi connectivity index (χ1n) is 8.46. The van der Waals surface area contributed by atoms with Gasteiger partial charge in [0, 0.05) is 24.9 Å². The number of hydrogen-bond donors (Lipinski definition) is 0. The molecule has 0 fully saturated rings. The third-order valence-corrected chi connectivity index (χ3v) is 5.03. The number of rotatable bonds is 0. The van der Waals surface area contributed by atoms with Crippen LogP contribution in [0, 0.1) is 13.8 Å². The largest absolute Gasteiger partial charge is 0.274 e. The fraction of sp³-hybridized carbons (Fsp3) is 0.200. The average molecular weight is 417 g/mol. The van der Waals surface area contributed by atoms with Crippen molar-refractivity contribution in [3.8, 4) is 0 Å². The van der Waals surface area contributed by atoms with E-state index in [1.165, 1.54) is 9.36 Å². The zero-order valence-corrected chi connectivity index (χ0v) is 17.3. The van der Waals surface area contributed by atoms with Crippen molar-refractivity contribution in [2.45, 2.75) is 13.8 Å². The molecule has 144 valence electrons. The van der Waals surface area contributed by atoms with Gasteiger partial charge in [0.05, 0.1) is 10.8 Å². The number of nitrogens with zero attached hydrogens (tertiary/aromatic N) is 4. The number of hydrogen-bond acceptors (Lipinski definition) is 4. The molecule has 6 nitrogen and oxygen atoms in total. The van der Waals surface area contributed by atoms with Crippen molar-refractivity contribution in [2.75, 3.05) is 0 Å². The quantitative estimate of drug-likeness (QED) is 0.437. The molecule has 2 aromatic carbocycles. The van der Waals surface area contributed by atoms with Gasteiger partial charge >= 0.3 is 0 Å². The van der Waals surface area contributed by atoms with Gasteiger partial charge in [0.25, 0.3) is 11.1 Å². The first kappa shape index (κ1) is 20.0. The number of halogens is 2. The van der Waals surface area contributed by atoms with Gasteiger partial charge in [-0.25, -0.2) is 9.36 Å². The van der Waals surface area contributed by atoms with Gasteiger partial charge < -0.3 is 0 Å². The minimum atomic E-state index is -0.117. The van der Waals surface area contributed by atoms with Crippen molar-refractivity contribution in [2.24, 2.45) is 14.1 Å². The minimum absolute atomic E-state index is 0.109. The first-order valence-corrected chi connectivity index (χ1v) is 9.22. The fourth-order valence-corrected chi connectivity index (χ4v) is 3.67. The van der Waals surface area contributed by atoms with Crippen LogP contribution in [0.2, 0.25) is 10.3 Å². The van der Waals surface area contributed by atoms with Gasteiger partial charge in [0.15, 0.2) is 10.3 Å². The number of fused-ring (bicyclic) bond motifs is 2. The SMILES string of the molecule is Cc1cccc2c(=O)n(C)nc(Cl)c12.Cc1cccc2c(Cl)nn(C)c(=O)c12. The molecule has 28 heavy (non-hydrogen) atoms. The summed E-state index contributed by atoms with van der Waals surface area (Å²) >= 11 is 11.9. The van der Waals surface area contributed by atoms with Gasteiger partial charge in [0.1, 0.15) is 0 Å². The van der Waals surface area contributed by atoms with E-state index < -0.39 is 0 Å². The van der Waals surface area contributed by atoms with Gasteiger partial charge in [-0.05, 0) is 31.0 Å². The van der Waals surface area contributed by atoms with Crippen LogP contribution in [0.5, 0.6) is 0 Å². The molecular formula is C20H18Cl2N4O2. The zero-order valence-electron chi connectivity index (χ0n) is 15.8. The van der Waals surface area contributed by atoms with Crippen molar-refractivity contribution in [3.05, 3.63) is 78.5 Å². The highest BCUT2D eigenvalue weighted by molar-refractivity contribution is 6.34. The molecule has 4 rings (SSSR count). The topological polar surface area (TPSA) is 69.8 Å². The number of benzene rings is 2. The molecule has 4 aromatic rings. The Bertz CT molecular complexity index is 1330. The average Bonchev–Trinajstić information content (AvgIpc) is 2.64. The Morgan fingerprint density at radius 1 is 0.714 bits per heavy atom. The highest BCUT2D eigenvalue weighted by Gasteiger charge is 2.09. The summed E-state index contributed by atoms with van der Waals surface area (Å²) in [5.41, 5.74) is 1.67. The van der Waals surface area contributed by atoms with E-state index in [1.54, 1.807) is 26.2 Å². The summed E-state index contributed by atoms with van der Waals surface area (Å²) in [6.07, 6.45) is 0. The molecule has 0 atom stereocenters. The Labute approximate surface area is 170 Å². The summed E-state index contributed by atoms with van der Waals surface area (Å²) in [5.74, 6) is 0. The molecule has 0 saturated carbocycles. The lowest BCUT2D eigenvalue weighted by Gasteiger charge is -2.04. The standard InChI is InChI=1S/2C10H9ClN2O/c1-6-4-3-5-7-8(6)9(11)12-13(2)10(7)14;1-6-4-3-5-7-8(6)10(14)13(2)12-9(7)11/h2*3-5H,1-2H3. The van der Waals surface area contributed by atoms with Crippen LogP contribution >= 0.6 is 23.2 Å². The van der Waals surface area contributed by atoms with Crippen molar-refractivity contribution in [3.63, 3.8) is 0 Å². The van der Waals surface area contributed by atoms with Gasteiger partial charge in [0.2, 0.25) is 0 Å². The molecule has 0 spiro atoms. The zero-order chi connectivity index (χ0) is 20.6. The van der Waals surface area contributed by atoms with Crippen molar-refractivity contribution >= 4 is 44.7 Å². The summed E-state index contributed by atoms with van der Waals surface area (Å²) in [6, 6.07) is 11.1. The third kappa shape index (κ3) is 3.53. The van der Waals surface area contributed by atoms with Crippen LogP contribution in [-0.4, -0.2) is 19.6 Å². The molecule has 0 N–H and O–H groups in total. The number of aryl methyl sites for hydroxylation is 4. The van der Waals surface area contributed by atoms with Crippen molar-refractivity contribution in [1.29, 1.82) is 0 Å². The molecule has 0 saturated heterocycles. The van der Waals surface area contributed by atoms with E-state index in [1.807, 2.05) is 38.1 Å². The fourth-order valence-electron chi connectivity index (χ4n) is 3.04. The minimum Gasteiger partial charge on any atom is -0.267 e. The molecule has 0 aliphatic rings. The lowest BCUT2D eigenvalue weighted by molar-refractivity contribution is 0.718. The van der Waals surface area contributed by atoms with E-state index in [2.05, 4.69) is 10.2 Å². The molecule has 0 aliphatic carbocycles. The highest BCUT2D eigenvalue weighted by Crippen LogP contribution is 2.21. The predicted octanol–water partition coefficient (Wildman–Crippen LogP) is 3.79. The van der Waals surface area contributed by atoms with Crippen LogP contribution in [-0.2, 0) is 14.1 Å². The summed E-state index contributed by atoms with van der Waals surface area (Å²) in [7, 11) is 3.19. The monoisotopic (exact) mass is 416 g/mol. The molecular weight excluding hydrogens is 399 g/mol. The van der Waals surface area contributed by atoms with Crippen molar-refractivity contribution < 1.29 is 0 Å². The molecule has 0 unspecified atom stereocenters. The van der Waals surface area contributed by atoms with Gasteiger partial charge in [-0.2, -0.15) is 10.2 Å². The summed E-state index contributed by atoms with van der Waals surface area (Å²) < 4.78 is 2.52. The maximum absolute atomic E-state index is 11.7. The van der Waals surface area contributed by atoms with E-state index in [0.29, 0.717) is 21.1 Å². The van der Waals surface area contributed by atoms with Crippen LogP contribution in [0.4, 0.5) is 0 Å². The predicted molar refractivity (Wildman–Crippen MR) is 113 cm³/mol. The molecule has 2 aromatic heterocycles. The van der Waals surface area contributed by atoms with Crippen LogP contribution in [0.15, 0.2) is 46.0 Å². The van der Waals surface area contributed by atoms with E-state index in [-0.39, 0.29) is 11.1 Å². The molecule has 0 amide bonds. The Morgan fingerprint density at radius 2 is 1.21 bits per heavy atom. The first-order chi connectivity index (χ1) is 13.2. The molecule has 0 bridgehead atoms. The normalized spacial score (nSPS) is 10.8. The van der Waals surface area contributed by atoms with E-state index in [0.717, 1.165) is 21.9 Å². The maximum atomic E-state index is 11.7. The Morgan fingerprint density at radius 3 is 1.86 bits per heavy atom. The van der Waals surface area contributed by atoms with Gasteiger partial charge in [-0.1, -0.05) is 53.5 Å². The second-order valence-electron chi connectivity index (χ2n) is 6.43. The van der Waals surface area contributed by atoms with Crippen LogP contribution in [0.1, 0.15) is 11.1 Å². The van der Waals surface area contributed by atoms with E-state index in [4.69, 9.17) is 23.2 Å². The number of aromatic nitrogens is 4. The maximum Gasteiger partial charge on any atom is 0.274 e. The molecule has 0 aliphatic heterocycles. The second-order valence-corrected chi connectivity index (χ2v) is 7.15. The molecule has 2 heterocycles. The summed E-state index contributed by atoms with van der Waals surface area (Å²) in [5, 5.41) is 11.3. The van der Waals surface area contributed by atoms with Crippen LogP contribution in [0.3, 0.4) is 0 Å². The Kier molecular flexibility index (Phi) is 5.54. The Hall–Kier alpha value is -2.70. The smallest absolute Gasteiger partial charge is 0.267 e. The lowest BCUT2D eigenvalue weighted by Crippen LogP contribution is -2.20. The van der Waals surface area contributed by atoms with Crippen LogP contribution < -0.4 is 11.1 Å². The van der Waals surface area contributed by atoms with Gasteiger partial charge in [-0.15, -0.1) is 0 Å². The van der Waals surface area contributed by atoms with E-state index >= 15 is 0 Å². The summed E-state index contributed by atoms with van der Waals surface area (Å²) in [4.78, 5) is 23.4. The Balaban J connectivity index is 0.000000161. The highest BCUT2D eigenvalue weighted by atomic mass is 35.5. The second kappa shape index (κ2) is 7.73. The van der Waals surface area contributed by atoms with Crippen molar-refractivity contribution in [1.82, 2.24) is 19.6 Å². The molecule has 8 heteroatoms. The summed E-state index contributed by atoms with van der Waals surface area (Å²) in [6.45, 7) is 3.80. The lowest BCUT2D eigenvalue weighted by atomic mass is 10.1. The van der Waals surface area contributed by atoms with Gasteiger partial charge in [-0.3, -0.25) is 9.59 Å².